The third-order valence-corrected chi connectivity index (χ3v) is 3.38. The van der Waals surface area contributed by atoms with E-state index in [2.05, 4.69) is 12.2 Å². The zero-order chi connectivity index (χ0) is 15.4. The summed E-state index contributed by atoms with van der Waals surface area (Å²) in [5, 5.41) is 3.41. The van der Waals surface area contributed by atoms with Gasteiger partial charge in [0.25, 0.3) is 0 Å². The topological polar surface area (TPSA) is 47.3 Å². The first-order valence-corrected chi connectivity index (χ1v) is 7.17. The van der Waals surface area contributed by atoms with Gasteiger partial charge in [-0.05, 0) is 55.0 Å². The largest absolute Gasteiger partial charge is 0.457 e. The smallest absolute Gasteiger partial charge is 0.129 e. The Bertz CT molecular complexity index is 752. The van der Waals surface area contributed by atoms with Crippen LogP contribution in [0.4, 0.5) is 17.1 Å². The average molecular weight is 290 g/mol. The van der Waals surface area contributed by atoms with Gasteiger partial charge in [0, 0.05) is 23.1 Å². The highest BCUT2D eigenvalue weighted by Gasteiger charge is 2.03. The first-order valence-electron chi connectivity index (χ1n) is 7.17. The van der Waals surface area contributed by atoms with Gasteiger partial charge in [-0.15, -0.1) is 0 Å². The Morgan fingerprint density at radius 3 is 2.23 bits per heavy atom. The molecule has 0 saturated heterocycles. The maximum absolute atomic E-state index is 5.87. The molecule has 0 aliphatic heterocycles. The van der Waals surface area contributed by atoms with Gasteiger partial charge in [-0.25, -0.2) is 0 Å². The van der Waals surface area contributed by atoms with Crippen LogP contribution in [0.25, 0.3) is 0 Å². The van der Waals surface area contributed by atoms with Crippen molar-refractivity contribution in [2.75, 3.05) is 11.1 Å². The van der Waals surface area contributed by atoms with Crippen molar-refractivity contribution >= 4 is 17.1 Å². The number of nitrogen functional groups attached to an aromatic ring is 1. The Morgan fingerprint density at radius 1 is 0.818 bits per heavy atom. The normalized spacial score (nSPS) is 10.2. The van der Waals surface area contributed by atoms with E-state index in [0.717, 1.165) is 34.1 Å². The first kappa shape index (κ1) is 14.0. The number of para-hydroxylation sites is 1. The maximum atomic E-state index is 5.87. The summed E-state index contributed by atoms with van der Waals surface area (Å²) >= 11 is 0. The average Bonchev–Trinajstić information content (AvgIpc) is 2.54. The molecule has 0 aliphatic rings. The number of benzene rings is 3. The fourth-order valence-corrected chi connectivity index (χ4v) is 2.15. The molecule has 3 N–H and O–H groups in total. The van der Waals surface area contributed by atoms with Crippen LogP contribution >= 0.6 is 0 Å². The summed E-state index contributed by atoms with van der Waals surface area (Å²) in [7, 11) is 0. The summed E-state index contributed by atoms with van der Waals surface area (Å²) in [5.41, 5.74) is 9.65. The fourth-order valence-electron chi connectivity index (χ4n) is 2.15. The third-order valence-electron chi connectivity index (χ3n) is 3.38. The molecule has 0 radical (unpaired) electrons. The second kappa shape index (κ2) is 6.22. The Balaban J connectivity index is 1.81. The van der Waals surface area contributed by atoms with Crippen LogP contribution in [0.5, 0.6) is 11.5 Å². The van der Waals surface area contributed by atoms with Gasteiger partial charge in [0.2, 0.25) is 0 Å². The van der Waals surface area contributed by atoms with Crippen molar-refractivity contribution in [1.29, 1.82) is 0 Å². The van der Waals surface area contributed by atoms with Crippen LogP contribution in [0.3, 0.4) is 0 Å². The Labute approximate surface area is 130 Å². The molecule has 3 rings (SSSR count). The molecule has 0 saturated carbocycles. The molecule has 3 aromatic rings. The van der Waals surface area contributed by atoms with Crippen molar-refractivity contribution in [2.45, 2.75) is 6.92 Å². The van der Waals surface area contributed by atoms with E-state index in [4.69, 9.17) is 10.5 Å². The predicted octanol–water partition coefficient (Wildman–Crippen LogP) is 5.11. The van der Waals surface area contributed by atoms with Crippen molar-refractivity contribution in [3.63, 3.8) is 0 Å². The number of aryl methyl sites for hydroxylation is 1. The van der Waals surface area contributed by atoms with Gasteiger partial charge in [-0.1, -0.05) is 24.3 Å². The molecule has 0 heterocycles. The minimum Gasteiger partial charge on any atom is -0.457 e. The minimum atomic E-state index is 0.725. The highest BCUT2D eigenvalue weighted by Crippen LogP contribution is 2.28. The molecule has 0 aliphatic carbocycles. The molecule has 0 amide bonds. The van der Waals surface area contributed by atoms with Crippen LogP contribution < -0.4 is 15.8 Å². The van der Waals surface area contributed by atoms with Gasteiger partial charge in [-0.2, -0.15) is 0 Å². The van der Waals surface area contributed by atoms with E-state index in [0.29, 0.717) is 0 Å². The van der Waals surface area contributed by atoms with E-state index in [1.807, 2.05) is 72.8 Å². The second-order valence-electron chi connectivity index (χ2n) is 5.14. The summed E-state index contributed by atoms with van der Waals surface area (Å²) in [5.74, 6) is 1.55. The van der Waals surface area contributed by atoms with Crippen LogP contribution in [0.15, 0.2) is 72.8 Å². The van der Waals surface area contributed by atoms with E-state index >= 15 is 0 Å². The van der Waals surface area contributed by atoms with Crippen LogP contribution in [0.1, 0.15) is 5.56 Å². The van der Waals surface area contributed by atoms with Crippen LogP contribution in [0, 0.1) is 6.92 Å². The lowest BCUT2D eigenvalue weighted by atomic mass is 10.2. The summed E-state index contributed by atoms with van der Waals surface area (Å²) < 4.78 is 5.87. The van der Waals surface area contributed by atoms with Crippen molar-refractivity contribution in [1.82, 2.24) is 0 Å². The number of ether oxygens (including phenoxy) is 1. The van der Waals surface area contributed by atoms with E-state index < -0.39 is 0 Å². The minimum absolute atomic E-state index is 0.725. The van der Waals surface area contributed by atoms with E-state index in [1.165, 1.54) is 0 Å². The summed E-state index contributed by atoms with van der Waals surface area (Å²) in [6.07, 6.45) is 0. The lowest BCUT2D eigenvalue weighted by Crippen LogP contribution is -1.94. The lowest BCUT2D eigenvalue weighted by Gasteiger charge is -2.12. The quantitative estimate of drug-likeness (QED) is 0.656. The van der Waals surface area contributed by atoms with Crippen LogP contribution in [0.2, 0.25) is 0 Å². The molecule has 0 unspecified atom stereocenters. The molecule has 110 valence electrons. The van der Waals surface area contributed by atoms with E-state index in [-0.39, 0.29) is 0 Å². The van der Waals surface area contributed by atoms with Gasteiger partial charge in [0.05, 0.1) is 0 Å². The molecule has 0 spiro atoms. The number of nitrogens with one attached hydrogen (secondary N) is 1. The van der Waals surface area contributed by atoms with Crippen molar-refractivity contribution in [2.24, 2.45) is 0 Å². The SMILES string of the molecule is Cc1ccc(Oc2ccc(N)cc2)cc1Nc1ccccc1. The highest BCUT2D eigenvalue weighted by molar-refractivity contribution is 5.64. The molecule has 3 heteroatoms. The third kappa shape index (κ3) is 3.38. The Kier molecular flexibility index (Phi) is 3.97. The number of nitrogens with two attached hydrogens (primary N) is 1. The Morgan fingerprint density at radius 2 is 1.50 bits per heavy atom. The number of rotatable bonds is 4. The summed E-state index contributed by atoms with van der Waals surface area (Å²) in [6, 6.07) is 23.5. The van der Waals surface area contributed by atoms with Gasteiger partial charge >= 0.3 is 0 Å². The molecule has 0 fully saturated rings. The molecule has 3 aromatic carbocycles. The number of hydrogen-bond donors (Lipinski definition) is 2. The van der Waals surface area contributed by atoms with Gasteiger partial charge < -0.3 is 15.8 Å². The molecule has 3 nitrogen and oxygen atoms in total. The molecule has 0 atom stereocenters. The monoisotopic (exact) mass is 290 g/mol. The molecular formula is C19H18N2O. The molecule has 22 heavy (non-hydrogen) atoms. The van der Waals surface area contributed by atoms with Crippen molar-refractivity contribution < 1.29 is 4.74 Å². The highest BCUT2D eigenvalue weighted by atomic mass is 16.5. The van der Waals surface area contributed by atoms with E-state index in [1.54, 1.807) is 0 Å². The fraction of sp³-hybridized carbons (Fsp3) is 0.0526. The summed E-state index contributed by atoms with van der Waals surface area (Å²) in [4.78, 5) is 0. The molecular weight excluding hydrogens is 272 g/mol. The van der Waals surface area contributed by atoms with Gasteiger partial charge in [0.1, 0.15) is 11.5 Å². The Hall–Kier alpha value is -2.94. The summed E-state index contributed by atoms with van der Waals surface area (Å²) in [6.45, 7) is 2.07. The standard InChI is InChI=1S/C19H18N2O/c1-14-7-10-18(22-17-11-8-15(20)9-12-17)13-19(14)21-16-5-3-2-4-6-16/h2-13,21H,20H2,1H3. The molecule has 0 bridgehead atoms. The number of hydrogen-bond acceptors (Lipinski definition) is 3. The van der Waals surface area contributed by atoms with E-state index in [9.17, 15) is 0 Å². The van der Waals surface area contributed by atoms with Crippen LogP contribution in [-0.2, 0) is 0 Å². The zero-order valence-electron chi connectivity index (χ0n) is 12.4. The van der Waals surface area contributed by atoms with Crippen LogP contribution in [-0.4, -0.2) is 0 Å². The maximum Gasteiger partial charge on any atom is 0.129 e. The second-order valence-corrected chi connectivity index (χ2v) is 5.14. The van der Waals surface area contributed by atoms with Crippen molar-refractivity contribution in [3.8, 4) is 11.5 Å². The lowest BCUT2D eigenvalue weighted by molar-refractivity contribution is 0.483. The molecule has 0 aromatic heterocycles. The zero-order valence-corrected chi connectivity index (χ0v) is 12.4. The predicted molar refractivity (Wildman–Crippen MR) is 91.8 cm³/mol. The van der Waals surface area contributed by atoms with Gasteiger partial charge in [-0.3, -0.25) is 0 Å². The number of anilines is 3. The van der Waals surface area contributed by atoms with Crippen molar-refractivity contribution in [3.05, 3.63) is 78.4 Å². The van der Waals surface area contributed by atoms with Gasteiger partial charge in [0.15, 0.2) is 0 Å². The first-order chi connectivity index (χ1) is 10.7.